The molecule has 0 bridgehead atoms. The van der Waals surface area contributed by atoms with Crippen molar-refractivity contribution >= 4 is 28.2 Å². The van der Waals surface area contributed by atoms with Crippen LogP contribution in [0.1, 0.15) is 15.9 Å². The molecule has 0 aliphatic carbocycles. The first-order chi connectivity index (χ1) is 14.4. The maximum Gasteiger partial charge on any atom is 0.256 e. The molecule has 150 valence electrons. The van der Waals surface area contributed by atoms with E-state index in [1.807, 2.05) is 68.6 Å². The average Bonchev–Trinajstić information content (AvgIpc) is 3.19. The molecule has 0 fully saturated rings. The first kappa shape index (κ1) is 19.4. The number of hydrogen-bond donors (Lipinski definition) is 1. The Morgan fingerprint density at radius 1 is 1.10 bits per heavy atom. The summed E-state index contributed by atoms with van der Waals surface area (Å²) in [7, 11) is 3.82. The SMILES string of the molecule is C=CN(C)c1ccc(C(=O)Nc2cc3cc(-c4cnn(C)c4)ccc3cn2)cc1C. The number of nitrogens with zero attached hydrogens (tertiary/aromatic N) is 4. The number of carbonyl (C=O) groups excluding carboxylic acids is 1. The van der Waals surface area contributed by atoms with E-state index in [9.17, 15) is 4.79 Å². The largest absolute Gasteiger partial charge is 0.351 e. The summed E-state index contributed by atoms with van der Waals surface area (Å²) >= 11 is 0. The van der Waals surface area contributed by atoms with Crippen LogP contribution in [-0.2, 0) is 7.05 Å². The predicted octanol–water partition coefficient (Wildman–Crippen LogP) is 4.78. The van der Waals surface area contributed by atoms with Gasteiger partial charge in [-0.2, -0.15) is 5.10 Å². The number of pyridine rings is 1. The summed E-state index contributed by atoms with van der Waals surface area (Å²) in [4.78, 5) is 19.1. The van der Waals surface area contributed by atoms with Crippen LogP contribution in [0.5, 0.6) is 0 Å². The highest BCUT2D eigenvalue weighted by molar-refractivity contribution is 6.05. The van der Waals surface area contributed by atoms with Gasteiger partial charge < -0.3 is 10.2 Å². The summed E-state index contributed by atoms with van der Waals surface area (Å²) in [6.45, 7) is 5.75. The van der Waals surface area contributed by atoms with Gasteiger partial charge in [0.2, 0.25) is 0 Å². The van der Waals surface area contributed by atoms with Crippen molar-refractivity contribution in [3.63, 3.8) is 0 Å². The maximum atomic E-state index is 12.7. The Morgan fingerprint density at radius 2 is 1.93 bits per heavy atom. The lowest BCUT2D eigenvalue weighted by Gasteiger charge is -2.17. The number of benzene rings is 2. The van der Waals surface area contributed by atoms with Crippen molar-refractivity contribution in [2.75, 3.05) is 17.3 Å². The number of fused-ring (bicyclic) bond motifs is 1. The fourth-order valence-electron chi connectivity index (χ4n) is 3.44. The van der Waals surface area contributed by atoms with E-state index in [0.717, 1.165) is 33.2 Å². The molecule has 2 aromatic carbocycles. The number of aromatic nitrogens is 3. The lowest BCUT2D eigenvalue weighted by atomic mass is 10.0. The first-order valence-electron chi connectivity index (χ1n) is 9.61. The molecular weight excluding hydrogens is 374 g/mol. The molecule has 4 aromatic rings. The summed E-state index contributed by atoms with van der Waals surface area (Å²) in [6, 6.07) is 13.6. The maximum absolute atomic E-state index is 12.7. The monoisotopic (exact) mass is 397 g/mol. The van der Waals surface area contributed by atoms with E-state index in [1.54, 1.807) is 23.1 Å². The van der Waals surface area contributed by atoms with Crippen LogP contribution in [0.15, 0.2) is 73.8 Å². The van der Waals surface area contributed by atoms with Gasteiger partial charge in [0, 0.05) is 48.7 Å². The number of carbonyl (C=O) groups is 1. The Morgan fingerprint density at radius 3 is 2.63 bits per heavy atom. The van der Waals surface area contributed by atoms with Crippen molar-refractivity contribution in [2.24, 2.45) is 7.05 Å². The van der Waals surface area contributed by atoms with Crippen molar-refractivity contribution in [3.05, 3.63) is 85.0 Å². The van der Waals surface area contributed by atoms with Crippen molar-refractivity contribution in [1.29, 1.82) is 0 Å². The molecule has 0 radical (unpaired) electrons. The van der Waals surface area contributed by atoms with E-state index in [1.165, 1.54) is 0 Å². The molecule has 2 aromatic heterocycles. The molecule has 0 spiro atoms. The third-order valence-electron chi connectivity index (χ3n) is 5.11. The number of aryl methyl sites for hydroxylation is 2. The van der Waals surface area contributed by atoms with Crippen molar-refractivity contribution < 1.29 is 4.79 Å². The molecule has 1 N–H and O–H groups in total. The van der Waals surface area contributed by atoms with Crippen LogP contribution in [0.3, 0.4) is 0 Å². The lowest BCUT2D eigenvalue weighted by Crippen LogP contribution is -2.14. The minimum Gasteiger partial charge on any atom is -0.351 e. The molecule has 2 heterocycles. The normalized spacial score (nSPS) is 10.8. The second kappa shape index (κ2) is 7.83. The summed E-state index contributed by atoms with van der Waals surface area (Å²) in [5, 5.41) is 9.14. The second-order valence-corrected chi connectivity index (χ2v) is 7.28. The molecule has 1 amide bonds. The number of nitrogens with one attached hydrogen (secondary N) is 1. The summed E-state index contributed by atoms with van der Waals surface area (Å²) < 4.78 is 1.78. The molecule has 6 nitrogen and oxygen atoms in total. The minimum absolute atomic E-state index is 0.193. The van der Waals surface area contributed by atoms with E-state index in [4.69, 9.17) is 0 Å². The zero-order valence-electron chi connectivity index (χ0n) is 17.3. The van der Waals surface area contributed by atoms with Gasteiger partial charge in [-0.1, -0.05) is 18.7 Å². The fraction of sp³-hybridized carbons (Fsp3) is 0.125. The quantitative estimate of drug-likeness (QED) is 0.527. The standard InChI is InChI=1S/C24H23N5O/c1-5-28(3)22-9-8-18(10-16(22)2)24(30)27-23-12-20-11-17(6-7-19(20)13-25-23)21-14-26-29(4)15-21/h5-15H,1H2,2-4H3,(H,25,27,30). The Balaban J connectivity index is 1.59. The average molecular weight is 397 g/mol. The van der Waals surface area contributed by atoms with Gasteiger partial charge in [-0.25, -0.2) is 4.98 Å². The molecule has 0 saturated heterocycles. The summed E-state index contributed by atoms with van der Waals surface area (Å²) in [5.74, 6) is 0.321. The molecule has 30 heavy (non-hydrogen) atoms. The summed E-state index contributed by atoms with van der Waals surface area (Å²) in [5.41, 5.74) is 4.70. The molecule has 6 heteroatoms. The molecular formula is C24H23N5O. The molecule has 0 atom stereocenters. The zero-order valence-corrected chi connectivity index (χ0v) is 17.3. The van der Waals surface area contributed by atoms with Crippen LogP contribution in [0.25, 0.3) is 21.9 Å². The van der Waals surface area contributed by atoms with E-state index in [0.29, 0.717) is 11.4 Å². The molecule has 4 rings (SSSR count). The van der Waals surface area contributed by atoms with Crippen LogP contribution in [0.4, 0.5) is 11.5 Å². The summed E-state index contributed by atoms with van der Waals surface area (Å²) in [6.07, 6.45) is 7.31. The van der Waals surface area contributed by atoms with Gasteiger partial charge in [-0.05, 0) is 60.0 Å². The first-order valence-corrected chi connectivity index (χ1v) is 9.61. The third-order valence-corrected chi connectivity index (χ3v) is 5.11. The van der Waals surface area contributed by atoms with Crippen LogP contribution >= 0.6 is 0 Å². The number of anilines is 2. The Kier molecular flexibility index (Phi) is 5.06. The van der Waals surface area contributed by atoms with Crippen LogP contribution in [0, 0.1) is 6.92 Å². The topological polar surface area (TPSA) is 63.1 Å². The van der Waals surface area contributed by atoms with Crippen molar-refractivity contribution in [2.45, 2.75) is 6.92 Å². The van der Waals surface area contributed by atoms with Crippen molar-refractivity contribution in [1.82, 2.24) is 14.8 Å². The van der Waals surface area contributed by atoms with Crippen molar-refractivity contribution in [3.8, 4) is 11.1 Å². The lowest BCUT2D eigenvalue weighted by molar-refractivity contribution is 0.102. The number of amides is 1. The Hall–Kier alpha value is -3.93. The van der Waals surface area contributed by atoms with Gasteiger partial charge in [0.25, 0.3) is 5.91 Å². The van der Waals surface area contributed by atoms with Crippen LogP contribution in [-0.4, -0.2) is 27.7 Å². The smallest absolute Gasteiger partial charge is 0.256 e. The van der Waals surface area contributed by atoms with E-state index < -0.39 is 0 Å². The number of hydrogen-bond acceptors (Lipinski definition) is 4. The van der Waals surface area contributed by atoms with Gasteiger partial charge >= 0.3 is 0 Å². The zero-order chi connectivity index (χ0) is 21.3. The van der Waals surface area contributed by atoms with Crippen LogP contribution < -0.4 is 10.2 Å². The Bertz CT molecular complexity index is 1260. The van der Waals surface area contributed by atoms with Gasteiger partial charge in [-0.3, -0.25) is 9.48 Å². The fourth-order valence-corrected chi connectivity index (χ4v) is 3.44. The molecule has 0 unspecified atom stereocenters. The highest BCUT2D eigenvalue weighted by atomic mass is 16.1. The highest BCUT2D eigenvalue weighted by Gasteiger charge is 2.11. The van der Waals surface area contributed by atoms with Gasteiger partial charge in [-0.15, -0.1) is 0 Å². The molecule has 0 aliphatic heterocycles. The van der Waals surface area contributed by atoms with Gasteiger partial charge in [0.15, 0.2) is 0 Å². The predicted molar refractivity (Wildman–Crippen MR) is 122 cm³/mol. The second-order valence-electron chi connectivity index (χ2n) is 7.28. The third kappa shape index (κ3) is 3.80. The minimum atomic E-state index is -0.193. The molecule has 0 saturated carbocycles. The van der Waals surface area contributed by atoms with Crippen LogP contribution in [0.2, 0.25) is 0 Å². The Labute approximate surface area is 175 Å². The molecule has 0 aliphatic rings. The van der Waals surface area contributed by atoms with E-state index in [2.05, 4.69) is 28.0 Å². The number of rotatable bonds is 5. The highest BCUT2D eigenvalue weighted by Crippen LogP contribution is 2.26. The van der Waals surface area contributed by atoms with E-state index in [-0.39, 0.29) is 5.91 Å². The van der Waals surface area contributed by atoms with Gasteiger partial charge in [0.1, 0.15) is 5.82 Å². The van der Waals surface area contributed by atoms with E-state index >= 15 is 0 Å². The van der Waals surface area contributed by atoms with Gasteiger partial charge in [0.05, 0.1) is 6.20 Å².